The van der Waals surface area contributed by atoms with Gasteiger partial charge in [-0.05, 0) is 54.7 Å². The summed E-state index contributed by atoms with van der Waals surface area (Å²) in [5, 5.41) is 10.8. The van der Waals surface area contributed by atoms with Crippen LogP contribution in [0, 0.1) is 0 Å². The fourth-order valence-electron chi connectivity index (χ4n) is 4.68. The molecular weight excluding hydrogens is 384 g/mol. The number of furan rings is 1. The molecule has 0 amide bonds. The molecule has 1 aromatic heterocycles. The van der Waals surface area contributed by atoms with Crippen LogP contribution in [0.1, 0.15) is 52.6 Å². The van der Waals surface area contributed by atoms with Crippen molar-refractivity contribution < 1.29 is 31.5 Å². The Hall–Kier alpha value is -2.84. The van der Waals surface area contributed by atoms with Gasteiger partial charge in [-0.2, -0.15) is 8.42 Å². The van der Waals surface area contributed by atoms with E-state index in [1.807, 2.05) is 6.92 Å². The van der Waals surface area contributed by atoms with Crippen LogP contribution in [0.5, 0.6) is 11.5 Å². The van der Waals surface area contributed by atoms with Gasteiger partial charge >= 0.3 is 10.4 Å². The number of carbonyl (C=O) groups excluding carboxylic acids is 1. The Morgan fingerprint density at radius 3 is 2.75 bits per heavy atom. The van der Waals surface area contributed by atoms with Crippen molar-refractivity contribution in [1.82, 2.24) is 0 Å². The van der Waals surface area contributed by atoms with Crippen molar-refractivity contribution in [1.29, 1.82) is 0 Å². The van der Waals surface area contributed by atoms with Crippen molar-refractivity contribution in [3.63, 3.8) is 0 Å². The predicted molar refractivity (Wildman–Crippen MR) is 99.3 cm³/mol. The van der Waals surface area contributed by atoms with Gasteiger partial charge in [0.2, 0.25) is 5.78 Å². The Bertz CT molecular complexity index is 1290. The zero-order valence-electron chi connectivity index (χ0n) is 14.9. The molecule has 0 radical (unpaired) electrons. The van der Waals surface area contributed by atoms with Crippen LogP contribution >= 0.6 is 0 Å². The third kappa shape index (κ3) is 2.25. The first-order valence-electron chi connectivity index (χ1n) is 8.82. The summed E-state index contributed by atoms with van der Waals surface area (Å²) in [6.45, 7) is 2.03. The number of fused-ring (bicyclic) bond motifs is 3. The van der Waals surface area contributed by atoms with Crippen molar-refractivity contribution in [2.75, 3.05) is 0 Å². The third-order valence-corrected chi connectivity index (χ3v) is 6.26. The standard InChI is InChI=1S/C20H16O7S/c1-20-6-2-3-10-9-26-19(17(10)20)18(22)13-7-11-12(8-14(13)20)16(5-4-15(11)21)27-28(23,24)25/h4-5,7-9,21H,2-3,6H2,1H3,(H,23,24,25)/t20-/m0/s1. The number of hydrogen-bond acceptors (Lipinski definition) is 6. The lowest BCUT2D eigenvalue weighted by atomic mass is 9.63. The van der Waals surface area contributed by atoms with E-state index in [4.69, 9.17) is 13.2 Å². The van der Waals surface area contributed by atoms with Gasteiger partial charge in [-0.15, -0.1) is 0 Å². The van der Waals surface area contributed by atoms with Gasteiger partial charge < -0.3 is 13.7 Å². The minimum atomic E-state index is -4.75. The first-order chi connectivity index (χ1) is 13.2. The average molecular weight is 400 g/mol. The molecular formula is C20H16O7S. The molecule has 8 heteroatoms. The molecule has 0 bridgehead atoms. The van der Waals surface area contributed by atoms with Crippen LogP contribution < -0.4 is 4.18 Å². The van der Waals surface area contributed by atoms with Gasteiger partial charge in [0, 0.05) is 27.3 Å². The van der Waals surface area contributed by atoms with Crippen LogP contribution in [0.4, 0.5) is 0 Å². The summed E-state index contributed by atoms with van der Waals surface area (Å²) >= 11 is 0. The number of carbonyl (C=O) groups is 1. The first-order valence-corrected chi connectivity index (χ1v) is 10.2. The highest BCUT2D eigenvalue weighted by atomic mass is 32.3. The SMILES string of the molecule is C[C@@]12CCCc3coc(c31)C(=O)c1cc3c(O)ccc(OS(=O)(=O)O)c3cc12. The number of benzene rings is 2. The maximum Gasteiger partial charge on any atom is 0.446 e. The van der Waals surface area contributed by atoms with Gasteiger partial charge in [0.15, 0.2) is 11.5 Å². The zero-order chi connectivity index (χ0) is 19.8. The van der Waals surface area contributed by atoms with Crippen LogP contribution in [-0.2, 0) is 22.2 Å². The predicted octanol–water partition coefficient (Wildman–Crippen LogP) is 3.51. The molecule has 144 valence electrons. The summed E-state index contributed by atoms with van der Waals surface area (Å²) in [5.74, 6) is -0.192. The van der Waals surface area contributed by atoms with E-state index in [9.17, 15) is 18.3 Å². The Balaban J connectivity index is 1.85. The Morgan fingerprint density at radius 2 is 2.00 bits per heavy atom. The molecule has 1 heterocycles. The van der Waals surface area contributed by atoms with E-state index in [-0.39, 0.29) is 22.7 Å². The number of hydrogen-bond donors (Lipinski definition) is 2. The highest BCUT2D eigenvalue weighted by Gasteiger charge is 2.46. The number of ketones is 1. The molecule has 2 aliphatic carbocycles. The van der Waals surface area contributed by atoms with Gasteiger partial charge in [-0.1, -0.05) is 6.92 Å². The summed E-state index contributed by atoms with van der Waals surface area (Å²) in [7, 11) is -4.75. The normalized spacial score (nSPS) is 20.7. The molecule has 0 spiro atoms. The maximum absolute atomic E-state index is 13.1. The molecule has 2 aromatic carbocycles. The third-order valence-electron chi connectivity index (χ3n) is 5.87. The monoisotopic (exact) mass is 400 g/mol. The van der Waals surface area contributed by atoms with Crippen molar-refractivity contribution in [2.45, 2.75) is 31.6 Å². The zero-order valence-corrected chi connectivity index (χ0v) is 15.7. The van der Waals surface area contributed by atoms with Crippen LogP contribution in [0.2, 0.25) is 0 Å². The fourth-order valence-corrected chi connectivity index (χ4v) is 5.05. The van der Waals surface area contributed by atoms with E-state index in [0.717, 1.165) is 36.0 Å². The molecule has 2 N–H and O–H groups in total. The number of rotatable bonds is 2. The van der Waals surface area contributed by atoms with Crippen LogP contribution in [-0.4, -0.2) is 23.9 Å². The lowest BCUT2D eigenvalue weighted by Crippen LogP contribution is -2.35. The fraction of sp³-hybridized carbons (Fsp3) is 0.250. The van der Waals surface area contributed by atoms with Crippen LogP contribution in [0.15, 0.2) is 34.9 Å². The molecule has 0 fully saturated rings. The van der Waals surface area contributed by atoms with Gasteiger partial charge in [-0.3, -0.25) is 9.35 Å². The van der Waals surface area contributed by atoms with Gasteiger partial charge in [0.1, 0.15) is 5.75 Å². The lowest BCUT2D eigenvalue weighted by Gasteiger charge is -2.39. The number of aryl methyl sites for hydroxylation is 1. The number of phenols is 1. The van der Waals surface area contributed by atoms with Gasteiger partial charge in [-0.25, -0.2) is 0 Å². The second-order valence-corrected chi connectivity index (χ2v) is 8.54. The average Bonchev–Trinajstić information content (AvgIpc) is 3.07. The van der Waals surface area contributed by atoms with Crippen molar-refractivity contribution in [3.8, 4) is 11.5 Å². The quantitative estimate of drug-likeness (QED) is 0.633. The molecule has 2 aliphatic rings. The van der Waals surface area contributed by atoms with E-state index in [2.05, 4.69) is 0 Å². The summed E-state index contributed by atoms with van der Waals surface area (Å²) in [5.41, 5.74) is 2.55. The van der Waals surface area contributed by atoms with E-state index in [1.54, 1.807) is 12.3 Å². The van der Waals surface area contributed by atoms with Crippen molar-refractivity contribution >= 4 is 27.0 Å². The number of phenolic OH excluding ortho intramolecular Hbond substituents is 1. The highest BCUT2D eigenvalue weighted by molar-refractivity contribution is 7.81. The molecule has 0 saturated carbocycles. The topological polar surface area (TPSA) is 114 Å². The second-order valence-electron chi connectivity index (χ2n) is 7.52. The van der Waals surface area contributed by atoms with E-state index in [0.29, 0.717) is 16.7 Å². The Labute approximate surface area is 160 Å². The van der Waals surface area contributed by atoms with Crippen LogP contribution in [0.3, 0.4) is 0 Å². The largest absolute Gasteiger partial charge is 0.507 e. The minimum Gasteiger partial charge on any atom is -0.507 e. The Morgan fingerprint density at radius 1 is 1.21 bits per heavy atom. The van der Waals surface area contributed by atoms with Crippen molar-refractivity contribution in [2.24, 2.45) is 0 Å². The van der Waals surface area contributed by atoms with E-state index < -0.39 is 15.8 Å². The summed E-state index contributed by atoms with van der Waals surface area (Å²) in [4.78, 5) is 13.1. The molecule has 28 heavy (non-hydrogen) atoms. The second kappa shape index (κ2) is 5.36. The molecule has 3 aromatic rings. The van der Waals surface area contributed by atoms with Crippen molar-refractivity contribution in [3.05, 3.63) is 58.5 Å². The summed E-state index contributed by atoms with van der Waals surface area (Å²) in [6.07, 6.45) is 4.19. The highest BCUT2D eigenvalue weighted by Crippen LogP contribution is 2.51. The smallest absolute Gasteiger partial charge is 0.446 e. The van der Waals surface area contributed by atoms with Gasteiger partial charge in [0.25, 0.3) is 0 Å². The molecule has 5 rings (SSSR count). The minimum absolute atomic E-state index is 0.122. The lowest BCUT2D eigenvalue weighted by molar-refractivity contribution is 0.0998. The number of aromatic hydroxyl groups is 1. The van der Waals surface area contributed by atoms with Gasteiger partial charge in [0.05, 0.1) is 6.26 Å². The first kappa shape index (κ1) is 17.3. The maximum atomic E-state index is 13.1. The molecule has 0 saturated heterocycles. The Kier molecular flexibility index (Phi) is 3.31. The van der Waals surface area contributed by atoms with E-state index >= 15 is 0 Å². The van der Waals surface area contributed by atoms with Crippen LogP contribution in [0.25, 0.3) is 10.8 Å². The summed E-state index contributed by atoms with van der Waals surface area (Å²) < 4.78 is 41.9. The van der Waals surface area contributed by atoms with E-state index in [1.165, 1.54) is 18.2 Å². The molecule has 0 aliphatic heterocycles. The molecule has 0 unspecified atom stereocenters. The molecule has 1 atom stereocenters. The molecule has 7 nitrogen and oxygen atoms in total. The summed E-state index contributed by atoms with van der Waals surface area (Å²) in [6, 6.07) is 5.72.